The van der Waals surface area contributed by atoms with Crippen LogP contribution in [0.3, 0.4) is 0 Å². The van der Waals surface area contributed by atoms with Crippen LogP contribution >= 0.6 is 0 Å². The number of carbonyl (C=O) groups excluding carboxylic acids is 1. The van der Waals surface area contributed by atoms with Gasteiger partial charge in [-0.1, -0.05) is 25.1 Å². The Balaban J connectivity index is 2.12. The lowest BCUT2D eigenvalue weighted by atomic mass is 10.0. The van der Waals surface area contributed by atoms with Crippen LogP contribution < -0.4 is 5.32 Å². The number of nitrogens with one attached hydrogen (secondary N) is 1. The Bertz CT molecular complexity index is 704. The van der Waals surface area contributed by atoms with E-state index in [0.29, 0.717) is 36.7 Å². The molecule has 1 N–H and O–H groups in total. The van der Waals surface area contributed by atoms with Crippen molar-refractivity contribution in [2.45, 2.75) is 52.7 Å². The average Bonchev–Trinajstić information content (AvgIpc) is 3.02. The zero-order valence-corrected chi connectivity index (χ0v) is 15.4. The first-order valence-electron chi connectivity index (χ1n) is 8.66. The second kappa shape index (κ2) is 8.30. The minimum Gasteiger partial charge on any atom is -0.455 e. The van der Waals surface area contributed by atoms with E-state index in [4.69, 9.17) is 4.42 Å². The number of nitrogens with zero attached hydrogens (tertiary/aromatic N) is 1. The van der Waals surface area contributed by atoms with Gasteiger partial charge in [-0.05, 0) is 45.4 Å². The van der Waals surface area contributed by atoms with Crippen LogP contribution in [-0.4, -0.2) is 22.9 Å². The highest BCUT2D eigenvalue weighted by molar-refractivity contribution is 5.91. The van der Waals surface area contributed by atoms with Gasteiger partial charge in [0.1, 0.15) is 11.6 Å². The number of rotatable bonds is 7. The predicted molar refractivity (Wildman–Crippen MR) is 96.7 cm³/mol. The zero-order valence-electron chi connectivity index (χ0n) is 15.4. The van der Waals surface area contributed by atoms with Gasteiger partial charge >= 0.3 is 0 Å². The quantitative estimate of drug-likeness (QED) is 0.810. The van der Waals surface area contributed by atoms with Crippen LogP contribution in [0, 0.1) is 5.82 Å². The number of benzene rings is 1. The van der Waals surface area contributed by atoms with Crippen LogP contribution in [0.25, 0.3) is 0 Å². The SMILES string of the molecule is CCCNC(=O)c1ccc(CN(Cc2ccccc2F)C(C)(C)C)o1. The maximum absolute atomic E-state index is 14.0. The molecule has 0 unspecified atom stereocenters. The van der Waals surface area contributed by atoms with E-state index in [2.05, 4.69) is 31.0 Å². The van der Waals surface area contributed by atoms with E-state index in [1.807, 2.05) is 13.0 Å². The van der Waals surface area contributed by atoms with Crippen molar-refractivity contribution in [2.24, 2.45) is 0 Å². The molecule has 0 fully saturated rings. The molecule has 136 valence electrons. The fourth-order valence-electron chi connectivity index (χ4n) is 2.46. The summed E-state index contributed by atoms with van der Waals surface area (Å²) < 4.78 is 19.7. The lowest BCUT2D eigenvalue weighted by Crippen LogP contribution is -2.40. The van der Waals surface area contributed by atoms with Gasteiger partial charge in [-0.2, -0.15) is 0 Å². The van der Waals surface area contributed by atoms with Crippen LogP contribution in [-0.2, 0) is 13.1 Å². The summed E-state index contributed by atoms with van der Waals surface area (Å²) in [5.41, 5.74) is 0.463. The lowest BCUT2D eigenvalue weighted by Gasteiger charge is -2.35. The molecular formula is C20H27FN2O2. The van der Waals surface area contributed by atoms with Crippen LogP contribution in [0.2, 0.25) is 0 Å². The highest BCUT2D eigenvalue weighted by Crippen LogP contribution is 2.22. The summed E-state index contributed by atoms with van der Waals surface area (Å²) in [6.07, 6.45) is 0.875. The topological polar surface area (TPSA) is 45.5 Å². The number of amides is 1. The Morgan fingerprint density at radius 3 is 2.52 bits per heavy atom. The lowest BCUT2D eigenvalue weighted by molar-refractivity contribution is 0.0905. The Hall–Kier alpha value is -2.14. The second-order valence-corrected chi connectivity index (χ2v) is 7.14. The van der Waals surface area contributed by atoms with E-state index in [1.54, 1.807) is 24.3 Å². The highest BCUT2D eigenvalue weighted by atomic mass is 19.1. The first-order valence-corrected chi connectivity index (χ1v) is 8.66. The summed E-state index contributed by atoms with van der Waals surface area (Å²) in [6.45, 7) is 9.81. The molecule has 1 aromatic heterocycles. The first kappa shape index (κ1) is 19.2. The van der Waals surface area contributed by atoms with Crippen molar-refractivity contribution in [3.05, 3.63) is 59.3 Å². The van der Waals surface area contributed by atoms with Crippen molar-refractivity contribution < 1.29 is 13.6 Å². The first-order chi connectivity index (χ1) is 11.8. The van der Waals surface area contributed by atoms with Gasteiger partial charge in [-0.15, -0.1) is 0 Å². The summed E-state index contributed by atoms with van der Waals surface area (Å²) in [6, 6.07) is 10.3. The Morgan fingerprint density at radius 1 is 1.16 bits per heavy atom. The minimum absolute atomic E-state index is 0.181. The van der Waals surface area contributed by atoms with Gasteiger partial charge in [-0.3, -0.25) is 9.69 Å². The highest BCUT2D eigenvalue weighted by Gasteiger charge is 2.24. The number of hydrogen-bond donors (Lipinski definition) is 1. The molecule has 5 heteroatoms. The third-order valence-corrected chi connectivity index (χ3v) is 4.04. The molecule has 0 bridgehead atoms. The zero-order chi connectivity index (χ0) is 18.4. The van der Waals surface area contributed by atoms with E-state index in [1.165, 1.54) is 6.07 Å². The number of hydrogen-bond acceptors (Lipinski definition) is 3. The third-order valence-electron chi connectivity index (χ3n) is 4.04. The predicted octanol–water partition coefficient (Wildman–Crippen LogP) is 4.36. The van der Waals surface area contributed by atoms with E-state index in [-0.39, 0.29) is 17.3 Å². The molecule has 4 nitrogen and oxygen atoms in total. The molecule has 1 amide bonds. The van der Waals surface area contributed by atoms with Crippen molar-refractivity contribution in [1.82, 2.24) is 10.2 Å². The number of halogens is 1. The summed E-state index contributed by atoms with van der Waals surface area (Å²) in [4.78, 5) is 14.1. The van der Waals surface area contributed by atoms with Gasteiger partial charge < -0.3 is 9.73 Å². The van der Waals surface area contributed by atoms with Crippen LogP contribution in [0.4, 0.5) is 4.39 Å². The van der Waals surface area contributed by atoms with E-state index in [0.717, 1.165) is 6.42 Å². The van der Waals surface area contributed by atoms with E-state index in [9.17, 15) is 9.18 Å². The van der Waals surface area contributed by atoms with Crippen molar-refractivity contribution in [2.75, 3.05) is 6.54 Å². The molecular weight excluding hydrogens is 319 g/mol. The smallest absolute Gasteiger partial charge is 0.286 e. The monoisotopic (exact) mass is 346 g/mol. The standard InChI is InChI=1S/C20H27FN2O2/c1-5-12-22-19(24)18-11-10-16(25-18)14-23(20(2,3)4)13-15-8-6-7-9-17(15)21/h6-11H,5,12-14H2,1-4H3,(H,22,24). The van der Waals surface area contributed by atoms with Gasteiger partial charge in [0.2, 0.25) is 0 Å². The fraction of sp³-hybridized carbons (Fsp3) is 0.450. The van der Waals surface area contributed by atoms with Crippen molar-refractivity contribution >= 4 is 5.91 Å². The Kier molecular flexibility index (Phi) is 6.37. The summed E-state index contributed by atoms with van der Waals surface area (Å²) >= 11 is 0. The number of furan rings is 1. The normalized spacial score (nSPS) is 11.8. The van der Waals surface area contributed by atoms with Crippen molar-refractivity contribution in [1.29, 1.82) is 0 Å². The molecule has 0 saturated carbocycles. The van der Waals surface area contributed by atoms with Gasteiger partial charge in [0, 0.05) is 24.2 Å². The van der Waals surface area contributed by atoms with Crippen LogP contribution in [0.5, 0.6) is 0 Å². The molecule has 2 rings (SSSR count). The summed E-state index contributed by atoms with van der Waals surface area (Å²) in [5.74, 6) is 0.580. The van der Waals surface area contributed by atoms with Gasteiger partial charge in [-0.25, -0.2) is 4.39 Å². The van der Waals surface area contributed by atoms with Crippen LogP contribution in [0.15, 0.2) is 40.8 Å². The molecule has 1 aromatic carbocycles. The van der Waals surface area contributed by atoms with Gasteiger partial charge in [0.15, 0.2) is 5.76 Å². The van der Waals surface area contributed by atoms with Crippen molar-refractivity contribution in [3.63, 3.8) is 0 Å². The van der Waals surface area contributed by atoms with Crippen molar-refractivity contribution in [3.8, 4) is 0 Å². The largest absolute Gasteiger partial charge is 0.455 e. The van der Waals surface area contributed by atoms with Crippen LogP contribution in [0.1, 0.15) is 56.0 Å². The molecule has 0 aliphatic carbocycles. The minimum atomic E-state index is -0.212. The maximum atomic E-state index is 14.0. The van der Waals surface area contributed by atoms with Gasteiger partial charge in [0.05, 0.1) is 6.54 Å². The summed E-state index contributed by atoms with van der Waals surface area (Å²) in [7, 11) is 0. The molecule has 2 aromatic rings. The molecule has 0 aliphatic heterocycles. The molecule has 0 spiro atoms. The molecule has 0 atom stereocenters. The molecule has 0 saturated heterocycles. The molecule has 0 aliphatic rings. The fourth-order valence-corrected chi connectivity index (χ4v) is 2.46. The average molecular weight is 346 g/mol. The molecule has 1 heterocycles. The number of carbonyl (C=O) groups is 1. The van der Waals surface area contributed by atoms with E-state index >= 15 is 0 Å². The molecule has 0 radical (unpaired) electrons. The Morgan fingerprint density at radius 2 is 1.88 bits per heavy atom. The third kappa shape index (κ3) is 5.43. The van der Waals surface area contributed by atoms with E-state index < -0.39 is 0 Å². The second-order valence-electron chi connectivity index (χ2n) is 7.14. The molecule has 25 heavy (non-hydrogen) atoms. The maximum Gasteiger partial charge on any atom is 0.286 e. The summed E-state index contributed by atoms with van der Waals surface area (Å²) in [5, 5.41) is 2.80. The Labute approximate surface area is 149 Å². The van der Waals surface area contributed by atoms with Gasteiger partial charge in [0.25, 0.3) is 5.91 Å².